The van der Waals surface area contributed by atoms with Crippen molar-refractivity contribution in [3.8, 4) is 0 Å². The van der Waals surface area contributed by atoms with E-state index in [1.165, 1.54) is 17.8 Å². The van der Waals surface area contributed by atoms with Crippen LogP contribution >= 0.6 is 24.0 Å². The molecule has 0 aromatic heterocycles. The third kappa shape index (κ3) is 4.08. The number of hydrogen-bond donors (Lipinski definition) is 0. The summed E-state index contributed by atoms with van der Waals surface area (Å²) in [5.41, 5.74) is 0.00302. The molecule has 0 aliphatic rings. The SMILES string of the molecule is FC(F)(F)c1cccc(CSC=C=S)c1. The highest BCUT2D eigenvalue weighted by Crippen LogP contribution is 2.30. The van der Waals surface area contributed by atoms with Crippen LogP contribution in [0, 0.1) is 0 Å². The first-order valence-corrected chi connectivity index (χ1v) is 5.47. The van der Waals surface area contributed by atoms with Crippen molar-refractivity contribution in [3.63, 3.8) is 0 Å². The van der Waals surface area contributed by atoms with Crippen LogP contribution in [0.25, 0.3) is 0 Å². The van der Waals surface area contributed by atoms with Crippen molar-refractivity contribution in [2.75, 3.05) is 0 Å². The average Bonchev–Trinajstić information content (AvgIpc) is 2.17. The zero-order valence-corrected chi connectivity index (χ0v) is 9.18. The Hall–Kier alpha value is -0.770. The normalized spacial score (nSPS) is 10.9. The predicted molar refractivity (Wildman–Crippen MR) is 59.9 cm³/mol. The number of thiocarbonyl (C=S) groups is 1. The molecule has 5 heteroatoms. The van der Waals surface area contributed by atoms with Crippen molar-refractivity contribution in [2.45, 2.75) is 11.9 Å². The number of rotatable bonds is 3. The van der Waals surface area contributed by atoms with Crippen LogP contribution in [0.3, 0.4) is 0 Å². The van der Waals surface area contributed by atoms with E-state index in [1.807, 2.05) is 0 Å². The Labute approximate surface area is 95.2 Å². The van der Waals surface area contributed by atoms with Crippen LogP contribution in [-0.4, -0.2) is 5.02 Å². The lowest BCUT2D eigenvalue weighted by atomic mass is 10.1. The topological polar surface area (TPSA) is 0 Å². The monoisotopic (exact) mass is 248 g/mol. The summed E-state index contributed by atoms with van der Waals surface area (Å²) in [4.78, 5) is 0. The van der Waals surface area contributed by atoms with Crippen LogP contribution in [0.1, 0.15) is 11.1 Å². The van der Waals surface area contributed by atoms with Crippen LogP contribution in [0.5, 0.6) is 0 Å². The fourth-order valence-corrected chi connectivity index (χ4v) is 1.74. The summed E-state index contributed by atoms with van der Waals surface area (Å²) in [5, 5.41) is 3.93. The lowest BCUT2D eigenvalue weighted by Gasteiger charge is -2.07. The maximum atomic E-state index is 12.3. The zero-order valence-electron chi connectivity index (χ0n) is 7.54. The fraction of sp³-hybridized carbons (Fsp3) is 0.200. The zero-order chi connectivity index (χ0) is 11.3. The van der Waals surface area contributed by atoms with E-state index in [2.05, 4.69) is 17.2 Å². The van der Waals surface area contributed by atoms with Crippen molar-refractivity contribution in [1.29, 1.82) is 0 Å². The van der Waals surface area contributed by atoms with Gasteiger partial charge in [0.25, 0.3) is 0 Å². The lowest BCUT2D eigenvalue weighted by Crippen LogP contribution is -2.04. The molecule has 1 aromatic carbocycles. The lowest BCUT2D eigenvalue weighted by molar-refractivity contribution is -0.137. The van der Waals surface area contributed by atoms with Crippen LogP contribution in [0.4, 0.5) is 13.2 Å². The van der Waals surface area contributed by atoms with E-state index in [0.717, 1.165) is 12.1 Å². The predicted octanol–water partition coefficient (Wildman–Crippen LogP) is 4.05. The van der Waals surface area contributed by atoms with Gasteiger partial charge in [0.15, 0.2) is 0 Å². The molecule has 80 valence electrons. The molecule has 0 radical (unpaired) electrons. The van der Waals surface area contributed by atoms with Crippen molar-refractivity contribution in [3.05, 3.63) is 40.8 Å². The Morgan fingerprint density at radius 1 is 1.40 bits per heavy atom. The van der Waals surface area contributed by atoms with Gasteiger partial charge in [-0.1, -0.05) is 18.2 Å². The van der Waals surface area contributed by atoms with E-state index in [4.69, 9.17) is 0 Å². The molecule has 0 nitrogen and oxygen atoms in total. The number of halogens is 3. The highest BCUT2D eigenvalue weighted by Gasteiger charge is 2.30. The Kier molecular flexibility index (Phi) is 4.39. The first-order chi connectivity index (χ1) is 7.04. The Bertz CT molecular complexity index is 378. The van der Waals surface area contributed by atoms with E-state index >= 15 is 0 Å². The van der Waals surface area contributed by atoms with E-state index in [1.54, 1.807) is 11.5 Å². The fourth-order valence-electron chi connectivity index (χ4n) is 1.01. The minimum Gasteiger partial charge on any atom is -0.166 e. The largest absolute Gasteiger partial charge is 0.416 e. The van der Waals surface area contributed by atoms with Gasteiger partial charge < -0.3 is 0 Å². The third-order valence-electron chi connectivity index (χ3n) is 1.64. The van der Waals surface area contributed by atoms with Crippen LogP contribution in [0.15, 0.2) is 29.7 Å². The molecular formula is C10H7F3S2. The van der Waals surface area contributed by atoms with Crippen LogP contribution in [0.2, 0.25) is 0 Å². The Morgan fingerprint density at radius 3 is 2.73 bits per heavy atom. The quantitative estimate of drug-likeness (QED) is 0.740. The van der Waals surface area contributed by atoms with Crippen molar-refractivity contribution in [1.82, 2.24) is 0 Å². The van der Waals surface area contributed by atoms with E-state index in [0.29, 0.717) is 11.3 Å². The van der Waals surface area contributed by atoms with Crippen molar-refractivity contribution >= 4 is 29.0 Å². The van der Waals surface area contributed by atoms with Gasteiger partial charge in [0, 0.05) is 11.2 Å². The average molecular weight is 248 g/mol. The second-order valence-electron chi connectivity index (χ2n) is 2.74. The summed E-state index contributed by atoms with van der Waals surface area (Å²) in [5.74, 6) is 0.466. The first kappa shape index (κ1) is 12.3. The molecule has 15 heavy (non-hydrogen) atoms. The summed E-state index contributed by atoms with van der Waals surface area (Å²) >= 11 is 5.76. The highest BCUT2D eigenvalue weighted by molar-refractivity contribution is 8.02. The molecule has 0 aliphatic heterocycles. The molecule has 0 N–H and O–H groups in total. The van der Waals surface area contributed by atoms with Gasteiger partial charge in [-0.3, -0.25) is 0 Å². The third-order valence-corrected chi connectivity index (χ3v) is 2.69. The van der Waals surface area contributed by atoms with Crippen molar-refractivity contribution < 1.29 is 13.2 Å². The Morgan fingerprint density at radius 2 is 2.13 bits per heavy atom. The first-order valence-electron chi connectivity index (χ1n) is 4.01. The minimum absolute atomic E-state index is 0.466. The standard InChI is InChI=1S/C10H7F3S2/c11-10(12,13)9-3-1-2-8(6-9)7-15-5-4-14/h1-3,5-6H,7H2. The second-order valence-corrected chi connectivity index (χ2v) is 3.84. The van der Waals surface area contributed by atoms with E-state index in [9.17, 15) is 13.2 Å². The molecule has 0 heterocycles. The van der Waals surface area contributed by atoms with Gasteiger partial charge in [-0.25, -0.2) is 0 Å². The minimum atomic E-state index is -4.28. The van der Waals surface area contributed by atoms with Gasteiger partial charge in [0.1, 0.15) is 0 Å². The number of benzene rings is 1. The Balaban J connectivity index is 2.79. The van der Waals surface area contributed by atoms with Gasteiger partial charge in [-0.2, -0.15) is 13.2 Å². The summed E-state index contributed by atoms with van der Waals surface area (Å²) in [6, 6.07) is 5.26. The highest BCUT2D eigenvalue weighted by atomic mass is 32.2. The van der Waals surface area contributed by atoms with Crippen LogP contribution in [-0.2, 0) is 11.9 Å². The second kappa shape index (κ2) is 5.35. The van der Waals surface area contributed by atoms with Gasteiger partial charge in [0.05, 0.1) is 5.56 Å². The molecule has 0 aliphatic carbocycles. The molecule has 1 rings (SSSR count). The summed E-state index contributed by atoms with van der Waals surface area (Å²) in [6.45, 7) is 0. The molecule has 0 spiro atoms. The number of alkyl halides is 3. The molecule has 0 saturated heterocycles. The molecular weight excluding hydrogens is 241 g/mol. The van der Waals surface area contributed by atoms with Gasteiger partial charge in [-0.15, -0.1) is 11.8 Å². The summed E-state index contributed by atoms with van der Waals surface area (Å²) in [6.07, 6.45) is -4.28. The van der Waals surface area contributed by atoms with Crippen molar-refractivity contribution in [2.24, 2.45) is 0 Å². The number of hydrogen-bond acceptors (Lipinski definition) is 2. The maximum absolute atomic E-state index is 12.3. The molecule has 0 bridgehead atoms. The molecule has 0 saturated carbocycles. The van der Waals surface area contributed by atoms with Gasteiger partial charge in [-0.05, 0) is 28.9 Å². The van der Waals surface area contributed by atoms with Gasteiger partial charge >= 0.3 is 6.18 Å². The maximum Gasteiger partial charge on any atom is 0.416 e. The molecule has 0 atom stereocenters. The molecule has 0 unspecified atom stereocenters. The number of thioether (sulfide) groups is 1. The van der Waals surface area contributed by atoms with Crippen LogP contribution < -0.4 is 0 Å². The molecule has 0 amide bonds. The van der Waals surface area contributed by atoms with E-state index in [-0.39, 0.29) is 0 Å². The molecule has 1 aromatic rings. The summed E-state index contributed by atoms with van der Waals surface area (Å²) in [7, 11) is 0. The summed E-state index contributed by atoms with van der Waals surface area (Å²) < 4.78 is 36.9. The van der Waals surface area contributed by atoms with E-state index < -0.39 is 11.7 Å². The van der Waals surface area contributed by atoms with Gasteiger partial charge in [0.2, 0.25) is 0 Å². The molecule has 0 fully saturated rings. The smallest absolute Gasteiger partial charge is 0.166 e.